The average Bonchev–Trinajstić information content (AvgIpc) is 2.67. The van der Waals surface area contributed by atoms with Crippen LogP contribution in [-0.2, 0) is 10.2 Å². The van der Waals surface area contributed by atoms with Crippen LogP contribution in [0, 0.1) is 0 Å². The van der Waals surface area contributed by atoms with Gasteiger partial charge in [0.25, 0.3) is 5.91 Å². The third-order valence-corrected chi connectivity index (χ3v) is 5.14. The number of carbonyl (C=O) groups excluding carboxylic acids is 1. The molecule has 0 radical (unpaired) electrons. The van der Waals surface area contributed by atoms with Crippen molar-refractivity contribution >= 4 is 23.5 Å². The molecule has 0 aromatic heterocycles. The molecule has 1 saturated heterocycles. The van der Waals surface area contributed by atoms with Gasteiger partial charge in [-0.1, -0.05) is 23.7 Å². The van der Waals surface area contributed by atoms with Crippen molar-refractivity contribution in [3.63, 3.8) is 0 Å². The van der Waals surface area contributed by atoms with Crippen molar-refractivity contribution < 1.29 is 19.4 Å². The van der Waals surface area contributed by atoms with Crippen LogP contribution in [-0.4, -0.2) is 36.7 Å². The van der Waals surface area contributed by atoms with E-state index >= 15 is 0 Å². The fourth-order valence-corrected chi connectivity index (χ4v) is 3.37. The van der Waals surface area contributed by atoms with Crippen LogP contribution in [0.4, 0.5) is 0 Å². The summed E-state index contributed by atoms with van der Waals surface area (Å²) in [6.07, 6.45) is 1.62. The lowest BCUT2D eigenvalue weighted by atomic mass is 9.74. The molecule has 0 bridgehead atoms. The molecule has 1 fully saturated rings. The van der Waals surface area contributed by atoms with E-state index < -0.39 is 5.97 Å². The van der Waals surface area contributed by atoms with Crippen molar-refractivity contribution in [2.24, 2.45) is 0 Å². The van der Waals surface area contributed by atoms with E-state index in [2.05, 4.69) is 5.32 Å². The first-order chi connectivity index (χ1) is 12.5. The number of rotatable bonds is 5. The largest absolute Gasteiger partial charge is 0.478 e. The van der Waals surface area contributed by atoms with Crippen LogP contribution in [0.25, 0.3) is 0 Å². The minimum Gasteiger partial charge on any atom is -0.478 e. The summed E-state index contributed by atoms with van der Waals surface area (Å²) in [5, 5.41) is 12.6. The SMILES string of the molecule is O=C(O)c1ccc(C(=O)NCC2(c3ccc(Cl)cc3)CCOCC2)cc1. The molecule has 1 aliphatic rings. The standard InChI is InChI=1S/C20H20ClNO4/c21-17-7-5-16(6-8-17)20(9-11-26-12-10-20)13-22-18(23)14-1-3-15(4-2-14)19(24)25/h1-8H,9-13H2,(H,22,23)(H,24,25). The van der Waals surface area contributed by atoms with Crippen LogP contribution in [0.5, 0.6) is 0 Å². The molecule has 1 heterocycles. The van der Waals surface area contributed by atoms with Gasteiger partial charge in [-0.25, -0.2) is 4.79 Å². The topological polar surface area (TPSA) is 75.6 Å². The highest BCUT2D eigenvalue weighted by Crippen LogP contribution is 2.35. The summed E-state index contributed by atoms with van der Waals surface area (Å²) in [6.45, 7) is 1.77. The van der Waals surface area contributed by atoms with Crippen molar-refractivity contribution in [3.05, 3.63) is 70.2 Å². The van der Waals surface area contributed by atoms with Crippen LogP contribution >= 0.6 is 11.6 Å². The zero-order chi connectivity index (χ0) is 18.6. The Balaban J connectivity index is 1.74. The van der Waals surface area contributed by atoms with Gasteiger partial charge in [0.2, 0.25) is 0 Å². The fraction of sp³-hybridized carbons (Fsp3) is 0.300. The molecule has 5 nitrogen and oxygen atoms in total. The maximum absolute atomic E-state index is 12.5. The predicted molar refractivity (Wildman–Crippen MR) is 98.9 cm³/mol. The number of aromatic carboxylic acids is 1. The highest BCUT2D eigenvalue weighted by Gasteiger charge is 2.34. The molecule has 26 heavy (non-hydrogen) atoms. The number of amides is 1. The molecule has 2 aromatic carbocycles. The van der Waals surface area contributed by atoms with Gasteiger partial charge in [-0.2, -0.15) is 0 Å². The second-order valence-corrected chi connectivity index (χ2v) is 6.90. The Hall–Kier alpha value is -2.37. The van der Waals surface area contributed by atoms with Crippen molar-refractivity contribution in [1.29, 1.82) is 0 Å². The van der Waals surface area contributed by atoms with Gasteiger partial charge < -0.3 is 15.2 Å². The molecule has 136 valence electrons. The molecule has 2 aromatic rings. The van der Waals surface area contributed by atoms with E-state index in [1.54, 1.807) is 0 Å². The number of carbonyl (C=O) groups is 2. The highest BCUT2D eigenvalue weighted by atomic mass is 35.5. The average molecular weight is 374 g/mol. The number of carboxylic acid groups (broad SMARTS) is 1. The van der Waals surface area contributed by atoms with Crippen LogP contribution in [0.2, 0.25) is 5.02 Å². The Kier molecular flexibility index (Phi) is 5.59. The van der Waals surface area contributed by atoms with E-state index in [1.165, 1.54) is 24.3 Å². The van der Waals surface area contributed by atoms with Crippen molar-refractivity contribution in [1.82, 2.24) is 5.32 Å². The molecule has 3 rings (SSSR count). The number of halogens is 1. The Morgan fingerprint density at radius 3 is 2.15 bits per heavy atom. The van der Waals surface area contributed by atoms with E-state index in [0.29, 0.717) is 30.3 Å². The summed E-state index contributed by atoms with van der Waals surface area (Å²) in [5.41, 5.74) is 1.53. The van der Waals surface area contributed by atoms with Gasteiger partial charge in [0.15, 0.2) is 0 Å². The lowest BCUT2D eigenvalue weighted by Crippen LogP contribution is -2.44. The zero-order valence-electron chi connectivity index (χ0n) is 14.2. The van der Waals surface area contributed by atoms with Gasteiger partial charge >= 0.3 is 5.97 Å². The molecule has 0 saturated carbocycles. The van der Waals surface area contributed by atoms with Crippen molar-refractivity contribution in [2.45, 2.75) is 18.3 Å². The maximum Gasteiger partial charge on any atom is 0.335 e. The third kappa shape index (κ3) is 4.06. The number of benzene rings is 2. The Bertz CT molecular complexity index is 780. The van der Waals surface area contributed by atoms with Crippen LogP contribution in [0.15, 0.2) is 48.5 Å². The summed E-state index contributed by atoms with van der Waals surface area (Å²) < 4.78 is 5.50. The molecule has 1 amide bonds. The van der Waals surface area contributed by atoms with Gasteiger partial charge in [0.05, 0.1) is 5.56 Å². The lowest BCUT2D eigenvalue weighted by Gasteiger charge is -2.38. The Labute approximate surface area is 156 Å². The van der Waals surface area contributed by atoms with Gasteiger partial charge in [0.1, 0.15) is 0 Å². The molecule has 0 atom stereocenters. The van der Waals surface area contributed by atoms with E-state index in [4.69, 9.17) is 21.4 Å². The number of hydrogen-bond donors (Lipinski definition) is 2. The lowest BCUT2D eigenvalue weighted by molar-refractivity contribution is 0.0487. The molecular weight excluding hydrogens is 354 g/mol. The van der Waals surface area contributed by atoms with Crippen molar-refractivity contribution in [3.8, 4) is 0 Å². The van der Waals surface area contributed by atoms with Gasteiger partial charge in [0, 0.05) is 35.8 Å². The van der Waals surface area contributed by atoms with E-state index in [1.807, 2.05) is 24.3 Å². The quantitative estimate of drug-likeness (QED) is 0.840. The first kappa shape index (κ1) is 18.4. The molecule has 1 aliphatic heterocycles. The molecule has 0 aliphatic carbocycles. The third-order valence-electron chi connectivity index (χ3n) is 4.89. The summed E-state index contributed by atoms with van der Waals surface area (Å²) in [5.74, 6) is -1.23. The number of nitrogens with one attached hydrogen (secondary N) is 1. The molecule has 0 unspecified atom stereocenters. The number of ether oxygens (including phenoxy) is 1. The number of carboxylic acids is 1. The van der Waals surface area contributed by atoms with Gasteiger partial charge in [-0.05, 0) is 54.8 Å². The second-order valence-electron chi connectivity index (χ2n) is 6.46. The molecule has 2 N–H and O–H groups in total. The summed E-state index contributed by atoms with van der Waals surface area (Å²) >= 11 is 6.00. The van der Waals surface area contributed by atoms with Crippen LogP contribution in [0.3, 0.4) is 0 Å². The van der Waals surface area contributed by atoms with Crippen LogP contribution in [0.1, 0.15) is 39.1 Å². The molecule has 0 spiro atoms. The second kappa shape index (κ2) is 7.89. The van der Waals surface area contributed by atoms with Crippen molar-refractivity contribution in [2.75, 3.05) is 19.8 Å². The van der Waals surface area contributed by atoms with E-state index in [9.17, 15) is 9.59 Å². The normalized spacial score (nSPS) is 16.0. The van der Waals surface area contributed by atoms with E-state index in [0.717, 1.165) is 18.4 Å². The maximum atomic E-state index is 12.5. The summed E-state index contributed by atoms with van der Waals surface area (Å²) in [4.78, 5) is 23.4. The first-order valence-electron chi connectivity index (χ1n) is 8.46. The zero-order valence-corrected chi connectivity index (χ0v) is 15.0. The minimum absolute atomic E-state index is 0.156. The highest BCUT2D eigenvalue weighted by molar-refractivity contribution is 6.30. The summed E-state index contributed by atoms with van der Waals surface area (Å²) in [6, 6.07) is 13.6. The van der Waals surface area contributed by atoms with Crippen LogP contribution < -0.4 is 5.32 Å². The molecular formula is C20H20ClNO4. The Morgan fingerprint density at radius 1 is 1.00 bits per heavy atom. The number of hydrogen-bond acceptors (Lipinski definition) is 3. The van der Waals surface area contributed by atoms with Gasteiger partial charge in [-0.15, -0.1) is 0 Å². The Morgan fingerprint density at radius 2 is 1.58 bits per heavy atom. The first-order valence-corrected chi connectivity index (χ1v) is 8.83. The smallest absolute Gasteiger partial charge is 0.335 e. The summed E-state index contributed by atoms with van der Waals surface area (Å²) in [7, 11) is 0. The van der Waals surface area contributed by atoms with E-state index in [-0.39, 0.29) is 16.9 Å². The predicted octanol–water partition coefficient (Wildman–Crippen LogP) is 3.52. The molecule has 6 heteroatoms. The van der Waals surface area contributed by atoms with Gasteiger partial charge in [-0.3, -0.25) is 4.79 Å². The monoisotopic (exact) mass is 373 g/mol. The minimum atomic E-state index is -1.01. The fourth-order valence-electron chi connectivity index (χ4n) is 3.25.